The molecule has 0 N–H and O–H groups in total. The molecule has 1 aromatic heterocycles. The van der Waals surface area contributed by atoms with Gasteiger partial charge < -0.3 is 0 Å². The maximum atomic E-state index is 13.9. The van der Waals surface area contributed by atoms with Crippen LogP contribution in [0.15, 0.2) is 131 Å². The second kappa shape index (κ2) is 15.8. The van der Waals surface area contributed by atoms with Crippen molar-refractivity contribution in [3.05, 3.63) is 152 Å². The fraction of sp³-hybridized carbons (Fsp3) is 0.186. The maximum absolute atomic E-state index is 13.9. The van der Waals surface area contributed by atoms with Gasteiger partial charge >= 0.3 is 311 Å². The zero-order valence-corrected chi connectivity index (χ0v) is 32.8. The molecule has 1 saturated heterocycles. The van der Waals surface area contributed by atoms with Crippen molar-refractivity contribution in [2.45, 2.75) is 27.7 Å². The molecule has 3 heterocycles. The first kappa shape index (κ1) is 35.6. The summed E-state index contributed by atoms with van der Waals surface area (Å²) in [7, 11) is -2.56. The molecule has 2 aliphatic rings. The van der Waals surface area contributed by atoms with Crippen molar-refractivity contribution in [2.75, 3.05) is 19.8 Å². The number of imide groups is 1. The second-order valence-electron chi connectivity index (χ2n) is 12.4. The first-order valence-corrected chi connectivity index (χ1v) is 20.5. The van der Waals surface area contributed by atoms with E-state index in [0.29, 0.717) is 35.8 Å². The monoisotopic (exact) mass is 871 g/mol. The molecule has 0 aliphatic carbocycles. The third-order valence-corrected chi connectivity index (χ3v) is 15.2. The molecule has 4 aromatic rings. The van der Waals surface area contributed by atoms with E-state index in [1.807, 2.05) is 39.8 Å². The van der Waals surface area contributed by atoms with Gasteiger partial charge in [0, 0.05) is 0 Å². The predicted octanol–water partition coefficient (Wildman–Crippen LogP) is 8.04. The first-order chi connectivity index (χ1) is 24.3. The van der Waals surface area contributed by atoms with Crippen LogP contribution in [0.1, 0.15) is 58.2 Å². The average molecular weight is 870 g/mol. The van der Waals surface area contributed by atoms with Crippen LogP contribution in [0.3, 0.4) is 0 Å². The van der Waals surface area contributed by atoms with E-state index in [1.54, 1.807) is 17.9 Å². The van der Waals surface area contributed by atoms with Gasteiger partial charge in [0.15, 0.2) is 0 Å². The molecule has 0 radical (unpaired) electrons. The Morgan fingerprint density at radius 3 is 1.90 bits per heavy atom. The van der Waals surface area contributed by atoms with E-state index in [2.05, 4.69) is 119 Å². The molecule has 0 saturated carbocycles. The van der Waals surface area contributed by atoms with Crippen molar-refractivity contribution in [1.82, 2.24) is 4.90 Å². The van der Waals surface area contributed by atoms with Gasteiger partial charge in [-0.15, -0.1) is 0 Å². The van der Waals surface area contributed by atoms with Crippen molar-refractivity contribution in [3.63, 3.8) is 0 Å². The van der Waals surface area contributed by atoms with Crippen LogP contribution < -0.4 is 15.9 Å². The Hall–Kier alpha value is -4.17. The van der Waals surface area contributed by atoms with Crippen LogP contribution >= 0.6 is 18.6 Å². The van der Waals surface area contributed by atoms with E-state index in [1.165, 1.54) is 32.2 Å². The van der Waals surface area contributed by atoms with Gasteiger partial charge in [-0.1, -0.05) is 0 Å². The Balaban J connectivity index is 1.70. The SMILES string of the molecule is CC=C1COCC1=CC(C#Cc1sc(/C=C/C)c2c1C(=O)N(CC(C)C)C2=O)=C([C]#[Os])[P+](c1ccccc1)(c1ccccc1)c1ccccc1. The van der Waals surface area contributed by atoms with Crippen molar-refractivity contribution in [3.8, 4) is 16.2 Å². The Labute approximate surface area is 309 Å². The number of carbonyl (C=O) groups is 2. The van der Waals surface area contributed by atoms with Crippen molar-refractivity contribution < 1.29 is 32.3 Å². The van der Waals surface area contributed by atoms with E-state index < -0.39 is 7.26 Å². The molecular weight excluding hydrogens is 832 g/mol. The molecule has 4 nitrogen and oxygen atoms in total. The summed E-state index contributed by atoms with van der Waals surface area (Å²) in [6.07, 6.45) is 8.07. The van der Waals surface area contributed by atoms with Gasteiger partial charge in [-0.05, 0) is 0 Å². The van der Waals surface area contributed by atoms with E-state index in [-0.39, 0.29) is 17.7 Å². The summed E-state index contributed by atoms with van der Waals surface area (Å²) in [5.74, 6) is 6.68. The molecule has 251 valence electrons. The molecule has 3 aromatic carbocycles. The number of ether oxygens (including phenoxy) is 1. The minimum atomic E-state index is -2.56. The van der Waals surface area contributed by atoms with Crippen LogP contribution in [0.2, 0.25) is 0 Å². The molecule has 2 aliphatic heterocycles. The molecule has 0 bridgehead atoms. The Morgan fingerprint density at radius 2 is 1.40 bits per heavy atom. The Kier molecular flexibility index (Phi) is 11.3. The van der Waals surface area contributed by atoms with Gasteiger partial charge in [0.05, 0.1) is 0 Å². The van der Waals surface area contributed by atoms with Gasteiger partial charge in [-0.25, -0.2) is 0 Å². The fourth-order valence-corrected chi connectivity index (χ4v) is 13.4. The number of amides is 2. The Bertz CT molecular complexity index is 2060. The standard InChI is InChI=1S/C43H38NO3PS.Os/c1-6-17-38-40-41(43(46)44(42(40)45)27-30(3)4)39(49-38)25-24-33(26-34-29-47-28-32(34)7-2)31(5)48(35-18-11-8-12-19-35,36-20-13-9-14-21-36)37-22-15-10-16-23-37;/h6-23,26,30H,27-29H2,1-4H3;/q+1;/b17-6+,32-7?,33-31?,34-26?;. The number of carbonyl (C=O) groups excluding carboxylic acids is 2. The number of allylic oxidation sites excluding steroid dienone is 5. The number of hydrogen-bond donors (Lipinski definition) is 0. The number of fused-ring (bicyclic) bond motifs is 1. The normalized spacial score (nSPS) is 16.6. The van der Waals surface area contributed by atoms with Gasteiger partial charge in [-0.2, -0.15) is 0 Å². The molecule has 1 fully saturated rings. The Morgan fingerprint density at radius 1 is 0.860 bits per heavy atom. The quantitative estimate of drug-likeness (QED) is 0.102. The van der Waals surface area contributed by atoms with Crippen LogP contribution in [0.4, 0.5) is 0 Å². The van der Waals surface area contributed by atoms with E-state index in [4.69, 9.17) is 4.74 Å². The molecule has 7 heteroatoms. The van der Waals surface area contributed by atoms with E-state index in [0.717, 1.165) is 26.9 Å². The summed E-state index contributed by atoms with van der Waals surface area (Å²) in [6.45, 7) is 9.37. The number of nitrogens with zero attached hydrogens (tertiary/aromatic N) is 1. The number of hydrogen-bond acceptors (Lipinski definition) is 4. The van der Waals surface area contributed by atoms with Crippen molar-refractivity contribution in [2.24, 2.45) is 5.92 Å². The van der Waals surface area contributed by atoms with Gasteiger partial charge in [0.1, 0.15) is 0 Å². The zero-order chi connectivity index (χ0) is 35.3. The molecule has 0 atom stereocenters. The van der Waals surface area contributed by atoms with Gasteiger partial charge in [0.25, 0.3) is 0 Å². The van der Waals surface area contributed by atoms with Crippen LogP contribution in [0, 0.1) is 22.1 Å². The van der Waals surface area contributed by atoms with Crippen LogP contribution in [0.5, 0.6) is 0 Å². The van der Waals surface area contributed by atoms with Crippen LogP contribution in [0.25, 0.3) is 6.08 Å². The fourth-order valence-electron chi connectivity index (χ4n) is 6.51. The number of rotatable bonds is 8. The molecule has 2 amide bonds. The average Bonchev–Trinajstić information content (AvgIpc) is 3.82. The zero-order valence-electron chi connectivity index (χ0n) is 28.5. The third kappa shape index (κ3) is 6.66. The summed E-state index contributed by atoms with van der Waals surface area (Å²) in [4.78, 5) is 30.2. The number of thiophene rings is 1. The van der Waals surface area contributed by atoms with E-state index in [9.17, 15) is 9.59 Å². The van der Waals surface area contributed by atoms with Gasteiger partial charge in [0.2, 0.25) is 0 Å². The second-order valence-corrected chi connectivity index (χ2v) is 17.4. The summed E-state index contributed by atoms with van der Waals surface area (Å²) >= 11 is 3.11. The molecular formula is C43H38NO3OsPS+. The summed E-state index contributed by atoms with van der Waals surface area (Å²) in [5.41, 5.74) is 3.88. The molecule has 0 unspecified atom stereocenters. The number of benzene rings is 3. The summed E-state index contributed by atoms with van der Waals surface area (Å²) < 4.78 is 9.64. The summed E-state index contributed by atoms with van der Waals surface area (Å²) in [5, 5.41) is 4.58. The summed E-state index contributed by atoms with van der Waals surface area (Å²) in [6, 6.07) is 32.0. The van der Waals surface area contributed by atoms with Gasteiger partial charge in [-0.3, -0.25) is 0 Å². The van der Waals surface area contributed by atoms with Crippen LogP contribution in [-0.2, 0) is 22.7 Å². The predicted molar refractivity (Wildman–Crippen MR) is 205 cm³/mol. The third-order valence-electron chi connectivity index (χ3n) is 8.73. The van der Waals surface area contributed by atoms with Crippen molar-refractivity contribution >= 4 is 52.4 Å². The van der Waals surface area contributed by atoms with E-state index >= 15 is 0 Å². The molecule has 6 rings (SSSR count). The minimum absolute atomic E-state index is 0.149. The van der Waals surface area contributed by atoms with Crippen molar-refractivity contribution in [1.29, 1.82) is 0 Å². The molecule has 50 heavy (non-hydrogen) atoms. The molecule has 0 spiro atoms. The topological polar surface area (TPSA) is 46.6 Å². The van der Waals surface area contributed by atoms with Crippen LogP contribution in [-0.4, -0.2) is 36.5 Å². The first-order valence-electron chi connectivity index (χ1n) is 16.6.